The van der Waals surface area contributed by atoms with Gasteiger partial charge in [-0.2, -0.15) is 0 Å². The first-order valence-electron chi connectivity index (χ1n) is 9.91. The van der Waals surface area contributed by atoms with E-state index in [1.807, 2.05) is 45.0 Å². The van der Waals surface area contributed by atoms with E-state index < -0.39 is 0 Å². The van der Waals surface area contributed by atoms with Crippen molar-refractivity contribution < 1.29 is 14.0 Å². The number of fused-ring (bicyclic) bond motifs is 1. The molecule has 158 valence electrons. The Hall–Kier alpha value is -3.32. The molecule has 2 amide bonds. The summed E-state index contributed by atoms with van der Waals surface area (Å²) >= 11 is 1.46. The van der Waals surface area contributed by atoms with Crippen molar-refractivity contribution in [2.24, 2.45) is 4.99 Å². The first-order valence-corrected chi connectivity index (χ1v) is 10.7. The van der Waals surface area contributed by atoms with Gasteiger partial charge in [0, 0.05) is 21.7 Å². The molecular weight excluding hydrogens is 413 g/mol. The summed E-state index contributed by atoms with van der Waals surface area (Å²) in [4.78, 5) is 32.8. The van der Waals surface area contributed by atoms with Crippen molar-refractivity contribution in [3.8, 4) is 0 Å². The minimum absolute atomic E-state index is 0.0790. The standard InChI is InChI=1S/C24H22FN3O2S/c1-14-4-10-19(11-5-14)27-20(29)13-28-21(30)12-26-23(17-6-8-18(25)9-7-17)22-15(2)16(3)31-24(22)28/h4-11H,12-13H2,1-3H3,(H,27,29). The number of anilines is 2. The molecule has 0 bridgehead atoms. The van der Waals surface area contributed by atoms with E-state index in [1.165, 1.54) is 28.4 Å². The Morgan fingerprint density at radius 3 is 2.45 bits per heavy atom. The lowest BCUT2D eigenvalue weighted by atomic mass is 10.00. The lowest BCUT2D eigenvalue weighted by Crippen LogP contribution is -2.38. The van der Waals surface area contributed by atoms with E-state index in [2.05, 4.69) is 10.3 Å². The molecule has 0 aliphatic carbocycles. The van der Waals surface area contributed by atoms with Crippen molar-refractivity contribution in [2.45, 2.75) is 20.8 Å². The van der Waals surface area contributed by atoms with Gasteiger partial charge in [-0.05, 0) is 62.7 Å². The van der Waals surface area contributed by atoms with Crippen LogP contribution in [-0.4, -0.2) is 30.6 Å². The van der Waals surface area contributed by atoms with Crippen LogP contribution in [-0.2, 0) is 9.59 Å². The molecular formula is C24H22FN3O2S. The molecule has 2 aromatic carbocycles. The van der Waals surface area contributed by atoms with E-state index in [0.717, 1.165) is 27.1 Å². The highest BCUT2D eigenvalue weighted by atomic mass is 32.1. The van der Waals surface area contributed by atoms with Gasteiger partial charge in [-0.25, -0.2) is 4.39 Å². The van der Waals surface area contributed by atoms with Crippen LogP contribution in [0, 0.1) is 26.6 Å². The maximum atomic E-state index is 13.4. The van der Waals surface area contributed by atoms with Gasteiger partial charge in [0.25, 0.3) is 0 Å². The topological polar surface area (TPSA) is 61.8 Å². The normalized spacial score (nSPS) is 13.5. The van der Waals surface area contributed by atoms with Gasteiger partial charge < -0.3 is 5.32 Å². The molecule has 0 spiro atoms. The number of nitrogens with one attached hydrogen (secondary N) is 1. The van der Waals surface area contributed by atoms with Gasteiger partial charge in [0.15, 0.2) is 0 Å². The van der Waals surface area contributed by atoms with E-state index in [-0.39, 0.29) is 30.7 Å². The van der Waals surface area contributed by atoms with Crippen LogP contribution in [0.15, 0.2) is 53.5 Å². The Morgan fingerprint density at radius 2 is 1.77 bits per heavy atom. The van der Waals surface area contributed by atoms with E-state index in [4.69, 9.17) is 0 Å². The number of carbonyl (C=O) groups excluding carboxylic acids is 2. The van der Waals surface area contributed by atoms with Gasteiger partial charge in [-0.15, -0.1) is 11.3 Å². The second-order valence-corrected chi connectivity index (χ2v) is 8.73. The first kappa shape index (κ1) is 20.9. The predicted octanol–water partition coefficient (Wildman–Crippen LogP) is 4.64. The minimum Gasteiger partial charge on any atom is -0.325 e. The molecule has 0 fully saturated rings. The van der Waals surface area contributed by atoms with Gasteiger partial charge in [0.1, 0.15) is 23.9 Å². The van der Waals surface area contributed by atoms with Crippen LogP contribution < -0.4 is 10.2 Å². The van der Waals surface area contributed by atoms with Crippen LogP contribution in [0.4, 0.5) is 15.1 Å². The molecule has 1 aliphatic heterocycles. The van der Waals surface area contributed by atoms with Crippen molar-refractivity contribution >= 4 is 39.6 Å². The fourth-order valence-corrected chi connectivity index (χ4v) is 4.66. The third-order valence-electron chi connectivity index (χ3n) is 5.28. The fourth-order valence-electron chi connectivity index (χ4n) is 3.49. The molecule has 31 heavy (non-hydrogen) atoms. The van der Waals surface area contributed by atoms with Crippen LogP contribution in [0.1, 0.15) is 27.1 Å². The predicted molar refractivity (Wildman–Crippen MR) is 123 cm³/mol. The SMILES string of the molecule is Cc1ccc(NC(=O)CN2C(=O)CN=C(c3ccc(F)cc3)c3c2sc(C)c3C)cc1. The average Bonchev–Trinajstić information content (AvgIpc) is 2.96. The first-order chi connectivity index (χ1) is 14.8. The van der Waals surface area contributed by atoms with Crippen LogP contribution in [0.2, 0.25) is 0 Å². The monoisotopic (exact) mass is 435 g/mol. The van der Waals surface area contributed by atoms with Crippen LogP contribution in [0.25, 0.3) is 0 Å². The van der Waals surface area contributed by atoms with Crippen molar-refractivity contribution in [3.63, 3.8) is 0 Å². The Morgan fingerprint density at radius 1 is 1.10 bits per heavy atom. The second-order valence-electron chi connectivity index (χ2n) is 7.53. The number of aryl methyl sites for hydroxylation is 2. The van der Waals surface area contributed by atoms with Gasteiger partial charge in [0.05, 0.1) is 5.71 Å². The molecule has 0 atom stereocenters. The third-order valence-corrected chi connectivity index (χ3v) is 6.51. The van der Waals surface area contributed by atoms with E-state index in [1.54, 1.807) is 12.1 Å². The lowest BCUT2D eigenvalue weighted by Gasteiger charge is -2.20. The highest BCUT2D eigenvalue weighted by Gasteiger charge is 2.30. The van der Waals surface area contributed by atoms with Crippen molar-refractivity contribution in [1.29, 1.82) is 0 Å². The molecule has 4 rings (SSSR count). The molecule has 1 N–H and O–H groups in total. The smallest absolute Gasteiger partial charge is 0.249 e. The molecule has 0 radical (unpaired) electrons. The van der Waals surface area contributed by atoms with Crippen molar-refractivity contribution in [2.75, 3.05) is 23.3 Å². The molecule has 0 saturated heterocycles. The highest BCUT2D eigenvalue weighted by Crippen LogP contribution is 2.38. The molecule has 1 aromatic heterocycles. The summed E-state index contributed by atoms with van der Waals surface area (Å²) < 4.78 is 13.4. The summed E-state index contributed by atoms with van der Waals surface area (Å²) in [5.41, 5.74) is 4.99. The average molecular weight is 436 g/mol. The number of aliphatic imine (C=N–C) groups is 1. The van der Waals surface area contributed by atoms with E-state index in [0.29, 0.717) is 16.4 Å². The van der Waals surface area contributed by atoms with Gasteiger partial charge in [0.2, 0.25) is 11.8 Å². The van der Waals surface area contributed by atoms with Crippen molar-refractivity contribution in [1.82, 2.24) is 0 Å². The summed E-state index contributed by atoms with van der Waals surface area (Å²) in [5.74, 6) is -0.863. The summed E-state index contributed by atoms with van der Waals surface area (Å²) in [7, 11) is 0. The molecule has 3 aromatic rings. The highest BCUT2D eigenvalue weighted by molar-refractivity contribution is 7.17. The number of halogens is 1. The molecule has 5 nitrogen and oxygen atoms in total. The lowest BCUT2D eigenvalue weighted by molar-refractivity contribution is -0.120. The molecule has 7 heteroatoms. The number of thiophene rings is 1. The van der Waals surface area contributed by atoms with Gasteiger partial charge >= 0.3 is 0 Å². The van der Waals surface area contributed by atoms with Gasteiger partial charge in [-0.3, -0.25) is 19.5 Å². The summed E-state index contributed by atoms with van der Waals surface area (Å²) in [5, 5.41) is 3.55. The zero-order chi connectivity index (χ0) is 22.1. The summed E-state index contributed by atoms with van der Waals surface area (Å²) in [6.07, 6.45) is 0. The number of hydrogen-bond acceptors (Lipinski definition) is 4. The number of nitrogens with zero attached hydrogens (tertiary/aromatic N) is 2. The fraction of sp³-hybridized carbons (Fsp3) is 0.208. The Balaban J connectivity index is 1.67. The Labute approximate surface area is 184 Å². The second kappa shape index (κ2) is 8.43. The molecule has 0 unspecified atom stereocenters. The van der Waals surface area contributed by atoms with E-state index in [9.17, 15) is 14.0 Å². The summed E-state index contributed by atoms with van der Waals surface area (Å²) in [6.45, 7) is 5.74. The zero-order valence-electron chi connectivity index (χ0n) is 17.5. The van der Waals surface area contributed by atoms with E-state index >= 15 is 0 Å². The van der Waals surface area contributed by atoms with Crippen LogP contribution in [0.5, 0.6) is 0 Å². The molecule has 1 aliphatic rings. The number of carbonyl (C=O) groups is 2. The molecule has 0 saturated carbocycles. The number of benzene rings is 2. The minimum atomic E-state index is -0.332. The van der Waals surface area contributed by atoms with Crippen LogP contribution >= 0.6 is 11.3 Å². The Bertz CT molecular complexity index is 1180. The quantitative estimate of drug-likeness (QED) is 0.649. The zero-order valence-corrected chi connectivity index (χ0v) is 18.3. The molecule has 2 heterocycles. The number of amides is 2. The number of rotatable bonds is 4. The Kier molecular flexibility index (Phi) is 5.69. The van der Waals surface area contributed by atoms with Crippen molar-refractivity contribution in [3.05, 3.63) is 81.5 Å². The third kappa shape index (κ3) is 4.27. The van der Waals surface area contributed by atoms with Crippen LogP contribution in [0.3, 0.4) is 0 Å². The summed E-state index contributed by atoms with van der Waals surface area (Å²) in [6, 6.07) is 13.6. The maximum absolute atomic E-state index is 13.4. The largest absolute Gasteiger partial charge is 0.325 e. The maximum Gasteiger partial charge on any atom is 0.249 e. The van der Waals surface area contributed by atoms with Gasteiger partial charge in [-0.1, -0.05) is 17.7 Å². The number of hydrogen-bond donors (Lipinski definition) is 1.